The van der Waals surface area contributed by atoms with Crippen LogP contribution in [0.2, 0.25) is 0 Å². The summed E-state index contributed by atoms with van der Waals surface area (Å²) < 4.78 is 0. The molecule has 3 aromatic rings. The highest BCUT2D eigenvalue weighted by Crippen LogP contribution is 2.29. The molecule has 0 bridgehead atoms. The molecule has 5 nitrogen and oxygen atoms in total. The number of carboxylic acids is 1. The second-order valence-corrected chi connectivity index (χ2v) is 5.99. The Balaban J connectivity index is 1.71. The molecule has 1 amide bonds. The van der Waals surface area contributed by atoms with Crippen molar-refractivity contribution in [2.45, 2.75) is 13.0 Å². The van der Waals surface area contributed by atoms with Crippen LogP contribution >= 0.6 is 0 Å². The van der Waals surface area contributed by atoms with Crippen molar-refractivity contribution in [3.05, 3.63) is 70.9 Å². The predicted molar refractivity (Wildman–Crippen MR) is 90.1 cm³/mol. The van der Waals surface area contributed by atoms with Gasteiger partial charge in [-0.3, -0.25) is 4.79 Å². The summed E-state index contributed by atoms with van der Waals surface area (Å²) in [6.45, 7) is 1.14. The summed E-state index contributed by atoms with van der Waals surface area (Å²) in [6.07, 6.45) is 0.741. The van der Waals surface area contributed by atoms with E-state index >= 15 is 0 Å². The minimum absolute atomic E-state index is 0.00462. The van der Waals surface area contributed by atoms with Gasteiger partial charge in [0.25, 0.3) is 5.91 Å². The minimum atomic E-state index is -0.945. The molecule has 4 rings (SSSR count). The summed E-state index contributed by atoms with van der Waals surface area (Å²) in [5.74, 6) is -0.940. The Bertz CT molecular complexity index is 944. The third-order valence-electron chi connectivity index (χ3n) is 4.53. The van der Waals surface area contributed by atoms with E-state index in [4.69, 9.17) is 0 Å². The van der Waals surface area contributed by atoms with Crippen LogP contribution in [0.15, 0.2) is 48.5 Å². The van der Waals surface area contributed by atoms with E-state index < -0.39 is 5.97 Å². The van der Waals surface area contributed by atoms with E-state index in [2.05, 4.69) is 4.98 Å². The molecule has 0 fully saturated rings. The summed E-state index contributed by atoms with van der Waals surface area (Å²) in [5, 5.41) is 10.1. The summed E-state index contributed by atoms with van der Waals surface area (Å²) in [7, 11) is 0. The number of carbonyl (C=O) groups excluding carboxylic acids is 1. The molecule has 0 radical (unpaired) electrons. The zero-order valence-electron chi connectivity index (χ0n) is 13.0. The van der Waals surface area contributed by atoms with Gasteiger partial charge in [-0.05, 0) is 30.3 Å². The molecule has 2 heterocycles. The number of carboxylic acid groups (broad SMARTS) is 1. The molecule has 0 saturated carbocycles. The normalized spacial score (nSPS) is 13.8. The van der Waals surface area contributed by atoms with Gasteiger partial charge in [-0.25, -0.2) is 4.79 Å². The Morgan fingerprint density at radius 2 is 1.83 bits per heavy atom. The first kappa shape index (κ1) is 14.5. The lowest BCUT2D eigenvalue weighted by Gasteiger charge is -2.27. The van der Waals surface area contributed by atoms with Crippen molar-refractivity contribution < 1.29 is 14.7 Å². The van der Waals surface area contributed by atoms with Crippen molar-refractivity contribution >= 4 is 22.8 Å². The Labute approximate surface area is 138 Å². The lowest BCUT2D eigenvalue weighted by Crippen LogP contribution is -2.35. The summed E-state index contributed by atoms with van der Waals surface area (Å²) >= 11 is 0. The zero-order chi connectivity index (χ0) is 16.7. The van der Waals surface area contributed by atoms with Gasteiger partial charge in [0.15, 0.2) is 0 Å². The third-order valence-corrected chi connectivity index (χ3v) is 4.53. The fraction of sp³-hybridized carbons (Fsp3) is 0.158. The highest BCUT2D eigenvalue weighted by Gasteiger charge is 2.25. The van der Waals surface area contributed by atoms with Crippen molar-refractivity contribution in [1.82, 2.24) is 9.88 Å². The number of aromatic amines is 1. The van der Waals surface area contributed by atoms with Gasteiger partial charge in [0.05, 0.1) is 5.56 Å². The average Bonchev–Trinajstić information content (AvgIpc) is 2.98. The number of hydrogen-bond acceptors (Lipinski definition) is 2. The quantitative estimate of drug-likeness (QED) is 0.762. The maximum absolute atomic E-state index is 12.7. The average molecular weight is 320 g/mol. The van der Waals surface area contributed by atoms with Gasteiger partial charge in [0, 0.05) is 47.2 Å². The van der Waals surface area contributed by atoms with Gasteiger partial charge in [-0.2, -0.15) is 0 Å². The molecule has 0 saturated heterocycles. The van der Waals surface area contributed by atoms with Crippen molar-refractivity contribution in [2.75, 3.05) is 6.54 Å². The standard InChI is InChI=1S/C19H16N2O3/c22-18(12-4-2-1-3-5-12)21-9-8-17-15(11-21)14-10-13(19(23)24)6-7-16(14)20-17/h1-7,10,20H,8-9,11H2,(H,23,24). The maximum Gasteiger partial charge on any atom is 0.335 e. The van der Waals surface area contributed by atoms with E-state index in [0.29, 0.717) is 18.7 Å². The fourth-order valence-electron chi connectivity index (χ4n) is 3.28. The number of fused-ring (bicyclic) bond motifs is 3. The molecule has 2 N–H and O–H groups in total. The van der Waals surface area contributed by atoms with Crippen molar-refractivity contribution in [1.29, 1.82) is 0 Å². The van der Waals surface area contributed by atoms with E-state index in [1.807, 2.05) is 35.2 Å². The van der Waals surface area contributed by atoms with Gasteiger partial charge >= 0.3 is 5.97 Å². The van der Waals surface area contributed by atoms with Crippen LogP contribution in [0.3, 0.4) is 0 Å². The molecule has 5 heteroatoms. The number of nitrogens with zero attached hydrogens (tertiary/aromatic N) is 1. The molecule has 1 aliphatic heterocycles. The highest BCUT2D eigenvalue weighted by atomic mass is 16.4. The smallest absolute Gasteiger partial charge is 0.335 e. The first-order valence-electron chi connectivity index (χ1n) is 7.84. The molecule has 0 atom stereocenters. The van der Waals surface area contributed by atoms with Crippen molar-refractivity contribution in [2.24, 2.45) is 0 Å². The molecule has 1 aromatic heterocycles. The first-order valence-corrected chi connectivity index (χ1v) is 7.84. The van der Waals surface area contributed by atoms with E-state index in [1.165, 1.54) is 0 Å². The van der Waals surface area contributed by atoms with E-state index in [0.717, 1.165) is 28.6 Å². The molecular weight excluding hydrogens is 304 g/mol. The molecule has 24 heavy (non-hydrogen) atoms. The van der Waals surface area contributed by atoms with Gasteiger partial charge in [0.1, 0.15) is 0 Å². The van der Waals surface area contributed by atoms with Crippen LogP contribution in [0, 0.1) is 0 Å². The zero-order valence-corrected chi connectivity index (χ0v) is 13.0. The van der Waals surface area contributed by atoms with E-state index in [1.54, 1.807) is 18.2 Å². The van der Waals surface area contributed by atoms with E-state index in [9.17, 15) is 14.7 Å². The van der Waals surface area contributed by atoms with Gasteiger partial charge in [0.2, 0.25) is 0 Å². The molecule has 120 valence electrons. The second-order valence-electron chi connectivity index (χ2n) is 5.99. The molecule has 0 aliphatic carbocycles. The van der Waals surface area contributed by atoms with Crippen LogP contribution in [0.1, 0.15) is 32.0 Å². The monoisotopic (exact) mass is 320 g/mol. The Kier molecular flexibility index (Phi) is 3.34. The molecule has 0 unspecified atom stereocenters. The molecule has 1 aliphatic rings. The molecule has 0 spiro atoms. The summed E-state index contributed by atoms with van der Waals surface area (Å²) in [5.41, 5.74) is 3.95. The van der Waals surface area contributed by atoms with Crippen molar-refractivity contribution in [3.63, 3.8) is 0 Å². The SMILES string of the molecule is O=C(O)c1ccc2[nH]c3c(c2c1)CN(C(=O)c1ccccc1)CC3. The van der Waals surface area contributed by atoms with Crippen LogP contribution in [0.5, 0.6) is 0 Å². The Morgan fingerprint density at radius 1 is 1.04 bits per heavy atom. The lowest BCUT2D eigenvalue weighted by molar-refractivity contribution is 0.0694. The molecule has 2 aromatic carbocycles. The van der Waals surface area contributed by atoms with Crippen LogP contribution in [0.25, 0.3) is 10.9 Å². The highest BCUT2D eigenvalue weighted by molar-refractivity contribution is 5.97. The number of nitrogens with one attached hydrogen (secondary N) is 1. The minimum Gasteiger partial charge on any atom is -0.478 e. The Hall–Kier alpha value is -3.08. The molecular formula is C19H16N2O3. The van der Waals surface area contributed by atoms with Crippen LogP contribution in [0.4, 0.5) is 0 Å². The van der Waals surface area contributed by atoms with E-state index in [-0.39, 0.29) is 11.5 Å². The lowest BCUT2D eigenvalue weighted by atomic mass is 10.0. The van der Waals surface area contributed by atoms with Crippen LogP contribution < -0.4 is 0 Å². The number of amides is 1. The number of rotatable bonds is 2. The topological polar surface area (TPSA) is 73.4 Å². The number of aromatic carboxylic acids is 1. The third kappa shape index (κ3) is 2.34. The van der Waals surface area contributed by atoms with Gasteiger partial charge in [-0.15, -0.1) is 0 Å². The Morgan fingerprint density at radius 3 is 2.58 bits per heavy atom. The van der Waals surface area contributed by atoms with Crippen LogP contribution in [-0.4, -0.2) is 33.4 Å². The predicted octanol–water partition coefficient (Wildman–Crippen LogP) is 3.06. The summed E-state index contributed by atoms with van der Waals surface area (Å²) in [6, 6.07) is 14.3. The second kappa shape index (κ2) is 5.53. The van der Waals surface area contributed by atoms with Gasteiger partial charge in [-0.1, -0.05) is 18.2 Å². The van der Waals surface area contributed by atoms with Crippen LogP contribution in [-0.2, 0) is 13.0 Å². The summed E-state index contributed by atoms with van der Waals surface area (Å²) in [4.78, 5) is 29.1. The maximum atomic E-state index is 12.7. The number of benzene rings is 2. The first-order chi connectivity index (χ1) is 11.6. The number of H-pyrrole nitrogens is 1. The number of aromatic nitrogens is 1. The fourth-order valence-corrected chi connectivity index (χ4v) is 3.28. The number of carbonyl (C=O) groups is 2. The largest absolute Gasteiger partial charge is 0.478 e. The van der Waals surface area contributed by atoms with Crippen molar-refractivity contribution in [3.8, 4) is 0 Å². The number of hydrogen-bond donors (Lipinski definition) is 2. The van der Waals surface area contributed by atoms with Gasteiger partial charge < -0.3 is 15.0 Å².